The van der Waals surface area contributed by atoms with Crippen LogP contribution in [0.3, 0.4) is 0 Å². The van der Waals surface area contributed by atoms with Gasteiger partial charge in [-0.2, -0.15) is 0 Å². The van der Waals surface area contributed by atoms with E-state index in [1.165, 1.54) is 0 Å². The van der Waals surface area contributed by atoms with Crippen molar-refractivity contribution in [3.05, 3.63) is 23.3 Å². The molecule has 2 fully saturated rings. The van der Waals surface area contributed by atoms with Crippen LogP contribution in [-0.4, -0.2) is 75.8 Å². The van der Waals surface area contributed by atoms with Gasteiger partial charge >= 0.3 is 11.9 Å². The first-order chi connectivity index (χ1) is 14.2. The SMILES string of the molecule is CC1=CC2OC(=O)C(C)C2CCC(C(=O)OC2C(O)C(O)OC(CO)C2O)=CCC1. The van der Waals surface area contributed by atoms with Gasteiger partial charge in [0.2, 0.25) is 0 Å². The van der Waals surface area contributed by atoms with Gasteiger partial charge < -0.3 is 34.6 Å². The summed E-state index contributed by atoms with van der Waals surface area (Å²) in [6.45, 7) is 3.16. The zero-order valence-corrected chi connectivity index (χ0v) is 17.1. The summed E-state index contributed by atoms with van der Waals surface area (Å²) in [4.78, 5) is 24.8. The number of allylic oxidation sites excluding steroid dienone is 2. The van der Waals surface area contributed by atoms with Crippen molar-refractivity contribution in [2.45, 2.75) is 76.3 Å². The molecule has 168 valence electrons. The Hall–Kier alpha value is -1.78. The topological polar surface area (TPSA) is 143 Å². The van der Waals surface area contributed by atoms with Crippen LogP contribution >= 0.6 is 0 Å². The van der Waals surface area contributed by atoms with Gasteiger partial charge in [-0.1, -0.05) is 18.6 Å². The maximum absolute atomic E-state index is 12.8. The summed E-state index contributed by atoms with van der Waals surface area (Å²) in [6, 6.07) is 0. The fourth-order valence-electron chi connectivity index (χ4n) is 4.21. The molecule has 0 saturated carbocycles. The second kappa shape index (κ2) is 9.57. The summed E-state index contributed by atoms with van der Waals surface area (Å²) in [5, 5.41) is 39.4. The van der Waals surface area contributed by atoms with Gasteiger partial charge in [0.15, 0.2) is 12.4 Å². The number of hydrogen-bond acceptors (Lipinski definition) is 9. The highest BCUT2D eigenvalue weighted by Crippen LogP contribution is 2.35. The summed E-state index contributed by atoms with van der Waals surface area (Å²) in [7, 11) is 0. The number of aliphatic hydroxyl groups is 4. The molecule has 0 radical (unpaired) electrons. The Morgan fingerprint density at radius 2 is 1.97 bits per heavy atom. The quantitative estimate of drug-likeness (QED) is 0.361. The molecule has 2 aliphatic heterocycles. The third-order valence-electron chi connectivity index (χ3n) is 6.16. The summed E-state index contributed by atoms with van der Waals surface area (Å²) in [6.07, 6.45) is -1.91. The van der Waals surface area contributed by atoms with Crippen LogP contribution in [0.2, 0.25) is 0 Å². The van der Waals surface area contributed by atoms with Crippen LogP contribution in [0.25, 0.3) is 0 Å². The van der Waals surface area contributed by atoms with E-state index in [1.54, 1.807) is 6.08 Å². The molecule has 0 amide bonds. The molecule has 0 aromatic carbocycles. The van der Waals surface area contributed by atoms with Crippen molar-refractivity contribution < 1.29 is 44.2 Å². The zero-order chi connectivity index (χ0) is 22.0. The van der Waals surface area contributed by atoms with Gasteiger partial charge in [0.05, 0.1) is 12.5 Å². The van der Waals surface area contributed by atoms with Crippen LogP contribution in [0.15, 0.2) is 23.3 Å². The van der Waals surface area contributed by atoms with Gasteiger partial charge in [-0.3, -0.25) is 4.79 Å². The van der Waals surface area contributed by atoms with Gasteiger partial charge in [0, 0.05) is 11.5 Å². The zero-order valence-electron chi connectivity index (χ0n) is 17.1. The maximum Gasteiger partial charge on any atom is 0.334 e. The highest BCUT2D eigenvalue weighted by atomic mass is 16.7. The first-order valence-corrected chi connectivity index (χ1v) is 10.3. The Bertz CT molecular complexity index is 715. The van der Waals surface area contributed by atoms with Crippen molar-refractivity contribution in [1.82, 2.24) is 0 Å². The number of fused-ring (bicyclic) bond motifs is 1. The lowest BCUT2D eigenvalue weighted by Gasteiger charge is -2.39. The van der Waals surface area contributed by atoms with E-state index in [2.05, 4.69) is 0 Å². The molecule has 3 aliphatic rings. The number of ether oxygens (including phenoxy) is 3. The molecule has 4 N–H and O–H groups in total. The van der Waals surface area contributed by atoms with Crippen molar-refractivity contribution in [2.24, 2.45) is 11.8 Å². The van der Waals surface area contributed by atoms with E-state index in [0.717, 1.165) is 5.57 Å². The minimum atomic E-state index is -1.70. The summed E-state index contributed by atoms with van der Waals surface area (Å²) < 4.78 is 15.7. The average Bonchev–Trinajstić information content (AvgIpc) is 2.97. The molecule has 3 rings (SSSR count). The molecule has 2 heterocycles. The molecule has 0 aromatic rings. The lowest BCUT2D eigenvalue weighted by Crippen LogP contribution is -2.59. The third kappa shape index (κ3) is 4.76. The van der Waals surface area contributed by atoms with Gasteiger partial charge in [0.25, 0.3) is 0 Å². The molecular formula is C21H30O9. The van der Waals surface area contributed by atoms with Crippen LogP contribution in [0.1, 0.15) is 39.5 Å². The van der Waals surface area contributed by atoms with E-state index in [9.17, 15) is 30.0 Å². The van der Waals surface area contributed by atoms with Crippen molar-refractivity contribution in [3.8, 4) is 0 Å². The molecule has 0 aromatic heterocycles. The van der Waals surface area contributed by atoms with E-state index >= 15 is 0 Å². The van der Waals surface area contributed by atoms with Crippen LogP contribution in [-0.2, 0) is 23.8 Å². The predicted molar refractivity (Wildman–Crippen MR) is 103 cm³/mol. The number of aliphatic hydroxyl groups excluding tert-OH is 4. The molecule has 30 heavy (non-hydrogen) atoms. The Morgan fingerprint density at radius 1 is 1.23 bits per heavy atom. The molecule has 9 heteroatoms. The number of esters is 2. The number of rotatable bonds is 3. The fraction of sp³-hybridized carbons (Fsp3) is 0.714. The highest BCUT2D eigenvalue weighted by molar-refractivity contribution is 5.88. The van der Waals surface area contributed by atoms with Crippen molar-refractivity contribution in [3.63, 3.8) is 0 Å². The molecular weight excluding hydrogens is 396 g/mol. The van der Waals surface area contributed by atoms with E-state index in [1.807, 2.05) is 19.9 Å². The normalized spacial score (nSPS) is 40.0. The fourth-order valence-corrected chi connectivity index (χ4v) is 4.21. The average molecular weight is 426 g/mol. The van der Waals surface area contributed by atoms with Crippen LogP contribution in [0.4, 0.5) is 0 Å². The minimum absolute atomic E-state index is 0.0680. The molecule has 0 bridgehead atoms. The van der Waals surface area contributed by atoms with Crippen LogP contribution in [0.5, 0.6) is 0 Å². The van der Waals surface area contributed by atoms with Crippen molar-refractivity contribution in [1.29, 1.82) is 0 Å². The highest BCUT2D eigenvalue weighted by Gasteiger charge is 2.46. The number of carbonyl (C=O) groups is 2. The molecule has 9 nitrogen and oxygen atoms in total. The van der Waals surface area contributed by atoms with Crippen molar-refractivity contribution in [2.75, 3.05) is 6.61 Å². The minimum Gasteiger partial charge on any atom is -0.458 e. The standard InChI is InChI=1S/C21H30O9/c1-10-4-3-5-12(6-7-13-11(2)19(25)28-14(13)8-10)20(26)30-18-16(23)15(9-22)29-21(27)17(18)24/h5,8,11,13-18,21-24,27H,3-4,6-7,9H2,1-2H3. The summed E-state index contributed by atoms with van der Waals surface area (Å²) >= 11 is 0. The first kappa shape index (κ1) is 22.9. The molecule has 0 spiro atoms. The van der Waals surface area contributed by atoms with Crippen LogP contribution in [0, 0.1) is 11.8 Å². The van der Waals surface area contributed by atoms with E-state index in [4.69, 9.17) is 14.2 Å². The number of carbonyl (C=O) groups excluding carboxylic acids is 2. The van der Waals surface area contributed by atoms with Gasteiger partial charge in [-0.15, -0.1) is 0 Å². The van der Waals surface area contributed by atoms with Crippen LogP contribution < -0.4 is 0 Å². The van der Waals surface area contributed by atoms with Gasteiger partial charge in [-0.25, -0.2) is 4.79 Å². The third-order valence-corrected chi connectivity index (χ3v) is 6.16. The van der Waals surface area contributed by atoms with Crippen molar-refractivity contribution >= 4 is 11.9 Å². The number of hydrogen-bond donors (Lipinski definition) is 4. The van der Waals surface area contributed by atoms with E-state index < -0.39 is 43.3 Å². The lowest BCUT2D eigenvalue weighted by molar-refractivity contribution is -0.289. The maximum atomic E-state index is 12.8. The monoisotopic (exact) mass is 426 g/mol. The van der Waals surface area contributed by atoms with E-state index in [-0.39, 0.29) is 23.9 Å². The van der Waals surface area contributed by atoms with Gasteiger partial charge in [0.1, 0.15) is 24.4 Å². The summed E-state index contributed by atoms with van der Waals surface area (Å²) in [5.41, 5.74) is 1.43. The second-order valence-corrected chi connectivity index (χ2v) is 8.27. The summed E-state index contributed by atoms with van der Waals surface area (Å²) in [5.74, 6) is -1.32. The smallest absolute Gasteiger partial charge is 0.334 e. The Balaban J connectivity index is 1.74. The molecule has 2 saturated heterocycles. The Kier molecular flexibility index (Phi) is 7.30. The molecule has 8 atom stereocenters. The Labute approximate surface area is 174 Å². The lowest BCUT2D eigenvalue weighted by atomic mass is 9.84. The van der Waals surface area contributed by atoms with E-state index in [0.29, 0.717) is 31.3 Å². The largest absolute Gasteiger partial charge is 0.458 e. The molecule has 1 aliphatic carbocycles. The molecule has 8 unspecified atom stereocenters. The Morgan fingerprint density at radius 3 is 2.67 bits per heavy atom. The predicted octanol–water partition coefficient (Wildman–Crippen LogP) is -0.0461. The second-order valence-electron chi connectivity index (χ2n) is 8.27. The first-order valence-electron chi connectivity index (χ1n) is 10.3. The van der Waals surface area contributed by atoms with Gasteiger partial charge in [-0.05, 0) is 38.7 Å².